The van der Waals surface area contributed by atoms with Gasteiger partial charge in [-0.15, -0.1) is 0 Å². The predicted octanol–water partition coefficient (Wildman–Crippen LogP) is 1.98. The van der Waals surface area contributed by atoms with Crippen LogP contribution in [-0.2, 0) is 20.7 Å². The van der Waals surface area contributed by atoms with E-state index in [1.165, 1.54) is 0 Å². The fraction of sp³-hybridized carbons (Fsp3) is 0.444. The van der Waals surface area contributed by atoms with E-state index in [0.29, 0.717) is 26.0 Å². The molecule has 2 rings (SSSR count). The standard InChI is InChI=1S/C18H25N3O4/c1-3-25-18(23)21-16(17(22)19-9-6-10-24-2)11-13-12-20-15-8-5-4-7-14(13)15/h4-5,7-8,12,16,20H,3,6,9-11H2,1-2H3,(H,19,22)(H,21,23)/t16-/m1/s1. The lowest BCUT2D eigenvalue weighted by Crippen LogP contribution is -2.48. The zero-order chi connectivity index (χ0) is 18.1. The minimum atomic E-state index is -0.708. The Morgan fingerprint density at radius 1 is 1.28 bits per heavy atom. The van der Waals surface area contributed by atoms with Gasteiger partial charge in [-0.2, -0.15) is 0 Å². The van der Waals surface area contributed by atoms with E-state index in [1.807, 2.05) is 30.5 Å². The summed E-state index contributed by atoms with van der Waals surface area (Å²) in [6, 6.07) is 7.13. The number of benzene rings is 1. The largest absolute Gasteiger partial charge is 0.450 e. The van der Waals surface area contributed by atoms with Crippen LogP contribution >= 0.6 is 0 Å². The third-order valence-corrected chi connectivity index (χ3v) is 3.81. The molecular weight excluding hydrogens is 322 g/mol. The topological polar surface area (TPSA) is 92.5 Å². The summed E-state index contributed by atoms with van der Waals surface area (Å²) in [6.07, 6.45) is 2.35. The molecule has 0 aliphatic heterocycles. The molecule has 0 radical (unpaired) electrons. The number of hydrogen-bond donors (Lipinski definition) is 3. The Morgan fingerprint density at radius 2 is 2.08 bits per heavy atom. The van der Waals surface area contributed by atoms with Crippen molar-refractivity contribution in [3.63, 3.8) is 0 Å². The molecule has 7 nitrogen and oxygen atoms in total. The Labute approximate surface area is 147 Å². The lowest BCUT2D eigenvalue weighted by Gasteiger charge is -2.18. The van der Waals surface area contributed by atoms with Gasteiger partial charge >= 0.3 is 6.09 Å². The first-order valence-corrected chi connectivity index (χ1v) is 8.40. The zero-order valence-corrected chi connectivity index (χ0v) is 14.6. The van der Waals surface area contributed by atoms with Crippen LogP contribution in [0.15, 0.2) is 30.5 Å². The van der Waals surface area contributed by atoms with E-state index in [9.17, 15) is 9.59 Å². The number of aromatic amines is 1. The minimum Gasteiger partial charge on any atom is -0.450 e. The first-order valence-electron chi connectivity index (χ1n) is 8.40. The maximum atomic E-state index is 12.5. The van der Waals surface area contributed by atoms with Crippen LogP contribution < -0.4 is 10.6 Å². The summed E-state index contributed by atoms with van der Waals surface area (Å²) in [4.78, 5) is 27.4. The Hall–Kier alpha value is -2.54. The number of rotatable bonds is 9. The van der Waals surface area contributed by atoms with Gasteiger partial charge in [-0.05, 0) is 25.0 Å². The molecule has 1 heterocycles. The number of hydrogen-bond acceptors (Lipinski definition) is 4. The molecule has 0 unspecified atom stereocenters. The van der Waals surface area contributed by atoms with Crippen molar-refractivity contribution in [2.75, 3.05) is 26.9 Å². The molecule has 0 saturated heterocycles. The highest BCUT2D eigenvalue weighted by atomic mass is 16.5. The van der Waals surface area contributed by atoms with Gasteiger partial charge in [-0.3, -0.25) is 4.79 Å². The molecule has 2 aromatic rings. The van der Waals surface area contributed by atoms with Crippen LogP contribution in [0.25, 0.3) is 10.9 Å². The third-order valence-electron chi connectivity index (χ3n) is 3.81. The fourth-order valence-corrected chi connectivity index (χ4v) is 2.60. The van der Waals surface area contributed by atoms with Crippen molar-refractivity contribution in [2.45, 2.75) is 25.8 Å². The second-order valence-electron chi connectivity index (χ2n) is 5.62. The average molecular weight is 347 g/mol. The summed E-state index contributed by atoms with van der Waals surface area (Å²) in [5.41, 5.74) is 1.96. The van der Waals surface area contributed by atoms with Gasteiger partial charge in [0.1, 0.15) is 6.04 Å². The van der Waals surface area contributed by atoms with Crippen molar-refractivity contribution in [3.8, 4) is 0 Å². The summed E-state index contributed by atoms with van der Waals surface area (Å²) in [7, 11) is 1.62. The van der Waals surface area contributed by atoms with E-state index in [2.05, 4.69) is 15.6 Å². The molecule has 0 fully saturated rings. The Kier molecular flexibility index (Phi) is 7.28. The number of ether oxygens (including phenoxy) is 2. The van der Waals surface area contributed by atoms with Gasteiger partial charge in [0, 0.05) is 43.8 Å². The van der Waals surface area contributed by atoms with E-state index < -0.39 is 12.1 Å². The average Bonchev–Trinajstić information content (AvgIpc) is 3.01. The maximum Gasteiger partial charge on any atom is 0.407 e. The number of para-hydroxylation sites is 1. The molecule has 0 saturated carbocycles. The van der Waals surface area contributed by atoms with E-state index in [1.54, 1.807) is 14.0 Å². The highest BCUT2D eigenvalue weighted by Gasteiger charge is 2.22. The second-order valence-corrected chi connectivity index (χ2v) is 5.62. The number of aromatic nitrogens is 1. The van der Waals surface area contributed by atoms with Crippen LogP contribution in [0.3, 0.4) is 0 Å². The van der Waals surface area contributed by atoms with Crippen molar-refractivity contribution >= 4 is 22.9 Å². The molecule has 25 heavy (non-hydrogen) atoms. The molecule has 2 amide bonds. The summed E-state index contributed by atoms with van der Waals surface area (Å²) in [5, 5.41) is 6.50. The van der Waals surface area contributed by atoms with Crippen LogP contribution in [0.1, 0.15) is 18.9 Å². The van der Waals surface area contributed by atoms with Crippen LogP contribution in [-0.4, -0.2) is 49.9 Å². The van der Waals surface area contributed by atoms with Crippen LogP contribution in [0.4, 0.5) is 4.79 Å². The number of alkyl carbamates (subject to hydrolysis) is 1. The Balaban J connectivity index is 2.07. The molecule has 7 heteroatoms. The van der Waals surface area contributed by atoms with Crippen LogP contribution in [0.2, 0.25) is 0 Å². The number of amides is 2. The fourth-order valence-electron chi connectivity index (χ4n) is 2.60. The predicted molar refractivity (Wildman–Crippen MR) is 95.5 cm³/mol. The highest BCUT2D eigenvalue weighted by molar-refractivity contribution is 5.88. The normalized spacial score (nSPS) is 11.9. The summed E-state index contributed by atoms with van der Waals surface area (Å²) >= 11 is 0. The number of fused-ring (bicyclic) bond motifs is 1. The van der Waals surface area contributed by atoms with Crippen molar-refractivity contribution in [2.24, 2.45) is 0 Å². The van der Waals surface area contributed by atoms with Crippen molar-refractivity contribution in [1.29, 1.82) is 0 Å². The maximum absolute atomic E-state index is 12.5. The van der Waals surface area contributed by atoms with Gasteiger partial charge in [0.05, 0.1) is 6.61 Å². The summed E-state index contributed by atoms with van der Waals surface area (Å²) < 4.78 is 9.88. The number of carbonyl (C=O) groups excluding carboxylic acids is 2. The SMILES string of the molecule is CCOC(=O)N[C@H](Cc1c[nH]c2ccccc12)C(=O)NCCCOC. The highest BCUT2D eigenvalue weighted by Crippen LogP contribution is 2.19. The molecule has 136 valence electrons. The minimum absolute atomic E-state index is 0.241. The lowest BCUT2D eigenvalue weighted by atomic mass is 10.0. The molecule has 0 aliphatic carbocycles. The molecule has 0 bridgehead atoms. The first-order chi connectivity index (χ1) is 12.2. The number of H-pyrrole nitrogens is 1. The van der Waals surface area contributed by atoms with E-state index in [4.69, 9.17) is 9.47 Å². The molecule has 0 aliphatic rings. The lowest BCUT2D eigenvalue weighted by molar-refractivity contribution is -0.123. The second kappa shape index (κ2) is 9.68. The molecule has 1 aromatic heterocycles. The van der Waals surface area contributed by atoms with Crippen LogP contribution in [0.5, 0.6) is 0 Å². The van der Waals surface area contributed by atoms with Gasteiger partial charge in [0.15, 0.2) is 0 Å². The monoisotopic (exact) mass is 347 g/mol. The molecular formula is C18H25N3O4. The van der Waals surface area contributed by atoms with Gasteiger partial charge < -0.3 is 25.1 Å². The van der Waals surface area contributed by atoms with Gasteiger partial charge in [0.25, 0.3) is 0 Å². The van der Waals surface area contributed by atoms with Gasteiger partial charge in [-0.25, -0.2) is 4.79 Å². The van der Waals surface area contributed by atoms with Gasteiger partial charge in [-0.1, -0.05) is 18.2 Å². The zero-order valence-electron chi connectivity index (χ0n) is 14.6. The van der Waals surface area contributed by atoms with Crippen LogP contribution in [0, 0.1) is 0 Å². The molecule has 0 spiro atoms. The number of carbonyl (C=O) groups is 2. The first kappa shape index (κ1) is 18.8. The quantitative estimate of drug-likeness (QED) is 0.605. The van der Waals surface area contributed by atoms with Crippen molar-refractivity contribution < 1.29 is 19.1 Å². The summed E-state index contributed by atoms with van der Waals surface area (Å²) in [6.45, 7) is 3.03. The molecule has 1 atom stereocenters. The Bertz CT molecular complexity index is 698. The number of nitrogens with one attached hydrogen (secondary N) is 3. The third kappa shape index (κ3) is 5.49. The molecule has 3 N–H and O–H groups in total. The smallest absolute Gasteiger partial charge is 0.407 e. The number of methoxy groups -OCH3 is 1. The van der Waals surface area contributed by atoms with Crippen molar-refractivity contribution in [1.82, 2.24) is 15.6 Å². The van der Waals surface area contributed by atoms with E-state index in [-0.39, 0.29) is 12.5 Å². The van der Waals surface area contributed by atoms with Crippen molar-refractivity contribution in [3.05, 3.63) is 36.0 Å². The Morgan fingerprint density at radius 3 is 2.84 bits per heavy atom. The van der Waals surface area contributed by atoms with Gasteiger partial charge in [0.2, 0.25) is 5.91 Å². The van der Waals surface area contributed by atoms with E-state index >= 15 is 0 Å². The van der Waals surface area contributed by atoms with E-state index in [0.717, 1.165) is 16.5 Å². The molecule has 1 aromatic carbocycles. The summed E-state index contributed by atoms with van der Waals surface area (Å²) in [5.74, 6) is -0.241.